The van der Waals surface area contributed by atoms with E-state index in [4.69, 9.17) is 0 Å². The maximum Gasteiger partial charge on any atom is 0.223 e. The number of hydrogen-bond donors (Lipinski definition) is 2. The Morgan fingerprint density at radius 3 is 2.75 bits per heavy atom. The van der Waals surface area contributed by atoms with Gasteiger partial charge in [-0.15, -0.1) is 0 Å². The summed E-state index contributed by atoms with van der Waals surface area (Å²) >= 11 is 0. The van der Waals surface area contributed by atoms with Gasteiger partial charge in [-0.3, -0.25) is 4.68 Å². The average molecular weight is 323 g/mol. The zero-order valence-corrected chi connectivity index (χ0v) is 13.7. The standard InChI is InChI=1S/C18H21N5O/c1-23-16-5-3-2-4-14(16)17(22-23)15-10-11-19-18(21-15)20-12-6-8-13(24)9-7-12/h2-5,10-13,24H,6-9H2,1H3,(H,19,20,21)/t12-,13-. The van der Waals surface area contributed by atoms with Gasteiger partial charge in [0, 0.05) is 24.7 Å². The number of aliphatic hydroxyl groups is 1. The number of fused-ring (bicyclic) bond motifs is 1. The van der Waals surface area contributed by atoms with Gasteiger partial charge in [0.1, 0.15) is 5.69 Å². The van der Waals surface area contributed by atoms with E-state index in [-0.39, 0.29) is 6.10 Å². The van der Waals surface area contributed by atoms with Crippen LogP contribution in [0.2, 0.25) is 0 Å². The first-order valence-electron chi connectivity index (χ1n) is 8.40. The number of aromatic nitrogens is 4. The predicted molar refractivity (Wildman–Crippen MR) is 93.6 cm³/mol. The second-order valence-corrected chi connectivity index (χ2v) is 6.40. The number of nitrogens with zero attached hydrogens (tertiary/aromatic N) is 4. The van der Waals surface area contributed by atoms with Gasteiger partial charge in [-0.25, -0.2) is 9.97 Å². The van der Waals surface area contributed by atoms with E-state index in [0.717, 1.165) is 48.0 Å². The Balaban J connectivity index is 1.62. The molecule has 0 radical (unpaired) electrons. The zero-order chi connectivity index (χ0) is 16.5. The van der Waals surface area contributed by atoms with Crippen LogP contribution in [0.15, 0.2) is 36.5 Å². The Kier molecular flexibility index (Phi) is 3.90. The van der Waals surface area contributed by atoms with E-state index in [2.05, 4.69) is 32.5 Å². The molecule has 0 aliphatic heterocycles. The van der Waals surface area contributed by atoms with Crippen LogP contribution in [-0.2, 0) is 7.05 Å². The van der Waals surface area contributed by atoms with Crippen LogP contribution in [-0.4, -0.2) is 37.0 Å². The van der Waals surface area contributed by atoms with Crippen molar-refractivity contribution < 1.29 is 5.11 Å². The Hall–Kier alpha value is -2.47. The fourth-order valence-corrected chi connectivity index (χ4v) is 3.37. The van der Waals surface area contributed by atoms with Crippen LogP contribution in [0.5, 0.6) is 0 Å². The molecule has 2 N–H and O–H groups in total. The minimum absolute atomic E-state index is 0.157. The van der Waals surface area contributed by atoms with Gasteiger partial charge in [-0.2, -0.15) is 5.10 Å². The molecule has 2 aromatic heterocycles. The molecule has 1 aliphatic carbocycles. The van der Waals surface area contributed by atoms with Crippen molar-refractivity contribution in [3.05, 3.63) is 36.5 Å². The monoisotopic (exact) mass is 323 g/mol. The highest BCUT2D eigenvalue weighted by atomic mass is 16.3. The maximum absolute atomic E-state index is 9.62. The molecule has 1 fully saturated rings. The lowest BCUT2D eigenvalue weighted by Gasteiger charge is -2.26. The van der Waals surface area contributed by atoms with Crippen molar-refractivity contribution in [2.75, 3.05) is 5.32 Å². The normalized spacial score (nSPS) is 21.1. The highest BCUT2D eigenvalue weighted by Crippen LogP contribution is 2.27. The Morgan fingerprint density at radius 2 is 1.92 bits per heavy atom. The number of benzene rings is 1. The lowest BCUT2D eigenvalue weighted by molar-refractivity contribution is 0.126. The van der Waals surface area contributed by atoms with E-state index in [1.165, 1.54) is 0 Å². The van der Waals surface area contributed by atoms with Crippen molar-refractivity contribution in [2.45, 2.75) is 37.8 Å². The Bertz CT molecular complexity index is 851. The number of rotatable bonds is 3. The highest BCUT2D eigenvalue weighted by Gasteiger charge is 2.20. The van der Waals surface area contributed by atoms with Gasteiger partial charge in [0.05, 0.1) is 17.3 Å². The summed E-state index contributed by atoms with van der Waals surface area (Å²) in [4.78, 5) is 9.00. The van der Waals surface area contributed by atoms with Gasteiger partial charge in [0.15, 0.2) is 0 Å². The van der Waals surface area contributed by atoms with Crippen LogP contribution in [0.4, 0.5) is 5.95 Å². The lowest BCUT2D eigenvalue weighted by atomic mass is 9.93. The Labute approximate surface area is 140 Å². The van der Waals surface area contributed by atoms with Crippen molar-refractivity contribution in [3.63, 3.8) is 0 Å². The second-order valence-electron chi connectivity index (χ2n) is 6.40. The number of anilines is 1. The average Bonchev–Trinajstić information content (AvgIpc) is 2.95. The van der Waals surface area contributed by atoms with Crippen molar-refractivity contribution in [1.29, 1.82) is 0 Å². The first-order chi connectivity index (χ1) is 11.7. The number of nitrogens with one attached hydrogen (secondary N) is 1. The predicted octanol–water partition coefficient (Wildman–Crippen LogP) is 2.75. The number of para-hydroxylation sites is 1. The molecule has 4 rings (SSSR count). The van der Waals surface area contributed by atoms with Crippen LogP contribution in [0.1, 0.15) is 25.7 Å². The zero-order valence-electron chi connectivity index (χ0n) is 13.7. The van der Waals surface area contributed by atoms with E-state index < -0.39 is 0 Å². The van der Waals surface area contributed by atoms with Crippen LogP contribution < -0.4 is 5.32 Å². The Morgan fingerprint density at radius 1 is 1.12 bits per heavy atom. The molecule has 0 spiro atoms. The van der Waals surface area contributed by atoms with Crippen molar-refractivity contribution in [2.24, 2.45) is 7.05 Å². The molecule has 1 aromatic carbocycles. The largest absolute Gasteiger partial charge is 0.393 e. The summed E-state index contributed by atoms with van der Waals surface area (Å²) in [5.74, 6) is 0.628. The summed E-state index contributed by atoms with van der Waals surface area (Å²) in [5.41, 5.74) is 2.78. The van der Waals surface area contributed by atoms with E-state index >= 15 is 0 Å². The van der Waals surface area contributed by atoms with Crippen molar-refractivity contribution >= 4 is 16.9 Å². The molecule has 3 aromatic rings. The summed E-state index contributed by atoms with van der Waals surface area (Å²) < 4.78 is 1.88. The van der Waals surface area contributed by atoms with Gasteiger partial charge >= 0.3 is 0 Å². The molecule has 0 unspecified atom stereocenters. The molecule has 6 heteroatoms. The molecular weight excluding hydrogens is 302 g/mol. The number of hydrogen-bond acceptors (Lipinski definition) is 5. The van der Waals surface area contributed by atoms with Gasteiger partial charge in [-0.1, -0.05) is 18.2 Å². The third kappa shape index (κ3) is 2.85. The van der Waals surface area contributed by atoms with Crippen LogP contribution in [0, 0.1) is 0 Å². The topological polar surface area (TPSA) is 75.9 Å². The van der Waals surface area contributed by atoms with Gasteiger partial charge < -0.3 is 10.4 Å². The van der Waals surface area contributed by atoms with Crippen molar-refractivity contribution in [3.8, 4) is 11.4 Å². The molecule has 0 amide bonds. The van der Waals surface area contributed by atoms with E-state index in [9.17, 15) is 5.11 Å². The molecule has 2 heterocycles. The molecular formula is C18H21N5O. The van der Waals surface area contributed by atoms with E-state index in [1.807, 2.05) is 29.9 Å². The molecule has 6 nitrogen and oxygen atoms in total. The first kappa shape index (κ1) is 15.1. The number of aliphatic hydroxyl groups excluding tert-OH is 1. The molecule has 0 bridgehead atoms. The quantitative estimate of drug-likeness (QED) is 0.775. The highest BCUT2D eigenvalue weighted by molar-refractivity contribution is 5.92. The fraction of sp³-hybridized carbons (Fsp3) is 0.389. The van der Waals surface area contributed by atoms with Gasteiger partial charge in [-0.05, 0) is 37.8 Å². The lowest BCUT2D eigenvalue weighted by Crippen LogP contribution is -2.28. The van der Waals surface area contributed by atoms with Crippen LogP contribution in [0.3, 0.4) is 0 Å². The van der Waals surface area contributed by atoms with E-state index in [1.54, 1.807) is 6.20 Å². The summed E-state index contributed by atoms with van der Waals surface area (Å²) in [6, 6.07) is 10.4. The molecule has 124 valence electrons. The third-order valence-electron chi connectivity index (χ3n) is 4.69. The smallest absolute Gasteiger partial charge is 0.223 e. The summed E-state index contributed by atoms with van der Waals surface area (Å²) in [5, 5.41) is 18.7. The molecule has 0 saturated heterocycles. The fourth-order valence-electron chi connectivity index (χ4n) is 3.37. The summed E-state index contributed by atoms with van der Waals surface area (Å²) in [6.45, 7) is 0. The van der Waals surface area contributed by atoms with Gasteiger partial charge in [0.2, 0.25) is 5.95 Å². The second kappa shape index (κ2) is 6.20. The summed E-state index contributed by atoms with van der Waals surface area (Å²) in [6.07, 6.45) is 5.17. The molecule has 0 atom stereocenters. The summed E-state index contributed by atoms with van der Waals surface area (Å²) in [7, 11) is 1.94. The maximum atomic E-state index is 9.62. The van der Waals surface area contributed by atoms with Crippen LogP contribution >= 0.6 is 0 Å². The first-order valence-corrected chi connectivity index (χ1v) is 8.40. The van der Waals surface area contributed by atoms with E-state index in [0.29, 0.717) is 12.0 Å². The molecule has 1 aliphatic rings. The van der Waals surface area contributed by atoms with Crippen LogP contribution in [0.25, 0.3) is 22.3 Å². The molecule has 24 heavy (non-hydrogen) atoms. The minimum Gasteiger partial charge on any atom is -0.393 e. The van der Waals surface area contributed by atoms with Crippen molar-refractivity contribution in [1.82, 2.24) is 19.7 Å². The van der Waals surface area contributed by atoms with Gasteiger partial charge in [0.25, 0.3) is 0 Å². The number of aryl methyl sites for hydroxylation is 1. The molecule has 1 saturated carbocycles. The SMILES string of the molecule is Cn1nc(-c2ccnc(N[C@H]3CC[C@H](O)CC3)n2)c2ccccc21. The third-order valence-corrected chi connectivity index (χ3v) is 4.69. The minimum atomic E-state index is -0.157.